The lowest BCUT2D eigenvalue weighted by molar-refractivity contribution is 0.0523. The van der Waals surface area contributed by atoms with Gasteiger partial charge in [0, 0.05) is 18.9 Å². The number of amides is 1. The van der Waals surface area contributed by atoms with Crippen LogP contribution in [-0.2, 0) is 11.3 Å². The smallest absolute Gasteiger partial charge is 0.407 e. The van der Waals surface area contributed by atoms with Crippen LogP contribution in [0.1, 0.15) is 70.9 Å². The molecular weight excluding hydrogens is 264 g/mol. The molecule has 1 atom stereocenters. The number of ether oxygens (including phenoxy) is 1. The summed E-state index contributed by atoms with van der Waals surface area (Å²) < 4.78 is 5.26. The van der Waals surface area contributed by atoms with E-state index in [2.05, 4.69) is 30.2 Å². The summed E-state index contributed by atoms with van der Waals surface area (Å²) in [5, 5.41) is 2.82. The van der Waals surface area contributed by atoms with Gasteiger partial charge in [-0.1, -0.05) is 20.3 Å². The van der Waals surface area contributed by atoms with Crippen LogP contribution in [0.25, 0.3) is 0 Å². The minimum atomic E-state index is -0.476. The van der Waals surface area contributed by atoms with Crippen LogP contribution in [0.5, 0.6) is 0 Å². The Morgan fingerprint density at radius 3 is 2.67 bits per heavy atom. The highest BCUT2D eigenvalue weighted by atomic mass is 16.6. The highest BCUT2D eigenvalue weighted by Crippen LogP contribution is 2.27. The molecule has 1 N–H and O–H groups in total. The summed E-state index contributed by atoms with van der Waals surface area (Å²) in [6.07, 6.45) is 6.67. The third kappa shape index (κ3) is 6.15. The van der Waals surface area contributed by atoms with Gasteiger partial charge in [-0.05, 0) is 56.7 Å². The Morgan fingerprint density at radius 2 is 2.10 bits per heavy atom. The molecule has 0 aliphatic heterocycles. The van der Waals surface area contributed by atoms with Gasteiger partial charge in [0.05, 0.1) is 0 Å². The van der Waals surface area contributed by atoms with Crippen LogP contribution in [0, 0.1) is 0 Å². The van der Waals surface area contributed by atoms with Gasteiger partial charge in [0.25, 0.3) is 0 Å². The third-order valence-corrected chi connectivity index (χ3v) is 3.33. The number of carbonyl (C=O) groups excluding carboxylic acids is 1. The number of rotatable bonds is 6. The topological polar surface area (TPSA) is 51.2 Å². The van der Waals surface area contributed by atoms with Crippen molar-refractivity contribution in [1.82, 2.24) is 10.3 Å². The van der Waals surface area contributed by atoms with Crippen LogP contribution in [-0.4, -0.2) is 16.7 Å². The average molecular weight is 292 g/mol. The van der Waals surface area contributed by atoms with E-state index in [0.29, 0.717) is 12.5 Å². The zero-order chi connectivity index (χ0) is 15.9. The van der Waals surface area contributed by atoms with Crippen LogP contribution < -0.4 is 5.32 Å². The molecule has 0 aromatic carbocycles. The van der Waals surface area contributed by atoms with Crippen molar-refractivity contribution in [2.75, 3.05) is 0 Å². The van der Waals surface area contributed by atoms with E-state index in [9.17, 15) is 4.79 Å². The van der Waals surface area contributed by atoms with Gasteiger partial charge >= 0.3 is 6.09 Å². The molecular formula is C17H28N2O2. The van der Waals surface area contributed by atoms with Crippen LogP contribution in [0.15, 0.2) is 18.5 Å². The van der Waals surface area contributed by atoms with Gasteiger partial charge in [-0.15, -0.1) is 0 Å². The lowest BCUT2D eigenvalue weighted by Crippen LogP contribution is -2.32. The van der Waals surface area contributed by atoms with E-state index in [1.807, 2.05) is 33.2 Å². The molecule has 4 heteroatoms. The molecule has 1 amide bonds. The number of hydrogen-bond donors (Lipinski definition) is 1. The third-order valence-electron chi connectivity index (χ3n) is 3.33. The van der Waals surface area contributed by atoms with E-state index >= 15 is 0 Å². The van der Waals surface area contributed by atoms with E-state index in [0.717, 1.165) is 24.8 Å². The van der Waals surface area contributed by atoms with E-state index in [1.165, 1.54) is 5.56 Å². The Bertz CT molecular complexity index is 452. The van der Waals surface area contributed by atoms with Gasteiger partial charge in [0.2, 0.25) is 0 Å². The van der Waals surface area contributed by atoms with Crippen LogP contribution in [0.3, 0.4) is 0 Å². The zero-order valence-electron chi connectivity index (χ0n) is 13.9. The molecule has 0 aliphatic carbocycles. The maximum atomic E-state index is 11.8. The monoisotopic (exact) mass is 292 g/mol. The Balaban J connectivity index is 2.73. The summed E-state index contributed by atoms with van der Waals surface area (Å²) in [4.78, 5) is 15.9. The molecule has 0 spiro atoms. The van der Waals surface area contributed by atoms with Gasteiger partial charge in [-0.2, -0.15) is 0 Å². The summed E-state index contributed by atoms with van der Waals surface area (Å²) in [6, 6.07) is 2.07. The molecule has 1 aromatic rings. The van der Waals surface area contributed by atoms with E-state index < -0.39 is 5.60 Å². The standard InChI is InChI=1S/C17H28N2O2/c1-6-8-13(7-2)15-9-10-18-11-14(15)12-19-16(20)21-17(3,4)5/h9-11,13H,6-8,12H2,1-5H3,(H,19,20). The van der Waals surface area contributed by atoms with Crippen molar-refractivity contribution in [3.63, 3.8) is 0 Å². The molecule has 0 saturated carbocycles. The fourth-order valence-corrected chi connectivity index (χ4v) is 2.39. The predicted molar refractivity (Wildman–Crippen MR) is 85.3 cm³/mol. The second-order valence-corrected chi connectivity index (χ2v) is 6.32. The number of pyridine rings is 1. The Morgan fingerprint density at radius 1 is 1.38 bits per heavy atom. The largest absolute Gasteiger partial charge is 0.444 e. The number of nitrogens with one attached hydrogen (secondary N) is 1. The van der Waals surface area contributed by atoms with Gasteiger partial charge in [-0.3, -0.25) is 4.98 Å². The van der Waals surface area contributed by atoms with Crippen molar-refractivity contribution >= 4 is 6.09 Å². The van der Waals surface area contributed by atoms with Crippen LogP contribution in [0.4, 0.5) is 4.79 Å². The quantitative estimate of drug-likeness (QED) is 0.845. The zero-order valence-corrected chi connectivity index (χ0v) is 13.9. The highest BCUT2D eigenvalue weighted by molar-refractivity contribution is 5.67. The molecule has 1 rings (SSSR count). The van der Waals surface area contributed by atoms with E-state index in [-0.39, 0.29) is 6.09 Å². The molecule has 0 bridgehead atoms. The fraction of sp³-hybridized carbons (Fsp3) is 0.647. The van der Waals surface area contributed by atoms with E-state index in [4.69, 9.17) is 4.74 Å². The number of alkyl carbamates (subject to hydrolysis) is 1. The first-order valence-corrected chi connectivity index (χ1v) is 7.77. The molecule has 0 radical (unpaired) electrons. The molecule has 0 fully saturated rings. The summed E-state index contributed by atoms with van der Waals surface area (Å²) >= 11 is 0. The second-order valence-electron chi connectivity index (χ2n) is 6.32. The molecule has 4 nitrogen and oxygen atoms in total. The minimum Gasteiger partial charge on any atom is -0.444 e. The number of aromatic nitrogens is 1. The maximum absolute atomic E-state index is 11.8. The molecule has 1 unspecified atom stereocenters. The van der Waals surface area contributed by atoms with Gasteiger partial charge in [-0.25, -0.2) is 4.79 Å². The molecule has 118 valence electrons. The summed E-state index contributed by atoms with van der Waals surface area (Å²) in [5.41, 5.74) is 1.88. The lowest BCUT2D eigenvalue weighted by atomic mass is 9.90. The maximum Gasteiger partial charge on any atom is 0.407 e. The van der Waals surface area contributed by atoms with Crippen molar-refractivity contribution in [3.05, 3.63) is 29.6 Å². The van der Waals surface area contributed by atoms with Gasteiger partial charge in [0.1, 0.15) is 5.60 Å². The predicted octanol–water partition coefficient (Wildman–Crippen LogP) is 4.40. The van der Waals surface area contributed by atoms with Crippen molar-refractivity contribution < 1.29 is 9.53 Å². The molecule has 0 saturated heterocycles. The Kier molecular flexibility index (Phi) is 6.66. The summed E-state index contributed by atoms with van der Waals surface area (Å²) in [6.45, 7) is 10.4. The Hall–Kier alpha value is -1.58. The molecule has 21 heavy (non-hydrogen) atoms. The minimum absolute atomic E-state index is 0.388. The van der Waals surface area contributed by atoms with Gasteiger partial charge < -0.3 is 10.1 Å². The van der Waals surface area contributed by atoms with Crippen molar-refractivity contribution in [1.29, 1.82) is 0 Å². The highest BCUT2D eigenvalue weighted by Gasteiger charge is 2.17. The SMILES string of the molecule is CCCC(CC)c1ccncc1CNC(=O)OC(C)(C)C. The number of nitrogens with zero attached hydrogens (tertiary/aromatic N) is 1. The average Bonchev–Trinajstić information content (AvgIpc) is 2.41. The number of hydrogen-bond acceptors (Lipinski definition) is 3. The molecule has 1 aromatic heterocycles. The van der Waals surface area contributed by atoms with Crippen LogP contribution in [0.2, 0.25) is 0 Å². The molecule has 1 heterocycles. The van der Waals surface area contributed by atoms with E-state index in [1.54, 1.807) is 0 Å². The molecule has 0 aliphatic rings. The van der Waals surface area contributed by atoms with Crippen molar-refractivity contribution in [2.45, 2.75) is 71.9 Å². The lowest BCUT2D eigenvalue weighted by Gasteiger charge is -2.21. The summed E-state index contributed by atoms with van der Waals surface area (Å²) in [5.74, 6) is 0.522. The first-order valence-electron chi connectivity index (χ1n) is 7.77. The van der Waals surface area contributed by atoms with Crippen LogP contribution >= 0.6 is 0 Å². The van der Waals surface area contributed by atoms with Crippen molar-refractivity contribution in [3.8, 4) is 0 Å². The van der Waals surface area contributed by atoms with Gasteiger partial charge in [0.15, 0.2) is 0 Å². The first kappa shape index (κ1) is 17.5. The fourth-order valence-electron chi connectivity index (χ4n) is 2.39. The Labute approximate surface area is 128 Å². The number of carbonyl (C=O) groups is 1. The second kappa shape index (κ2) is 8.01. The summed E-state index contributed by atoms with van der Waals surface area (Å²) in [7, 11) is 0. The first-order chi connectivity index (χ1) is 9.87. The van der Waals surface area contributed by atoms with Crippen molar-refractivity contribution in [2.24, 2.45) is 0 Å². The normalized spacial score (nSPS) is 12.8.